The van der Waals surface area contributed by atoms with Gasteiger partial charge in [-0.3, -0.25) is 0 Å². The van der Waals surface area contributed by atoms with Gasteiger partial charge < -0.3 is 10.3 Å². The molecule has 2 aromatic heterocycles. The molecule has 0 aliphatic carbocycles. The number of nitrogens with two attached hydrogens (primary N) is 1. The van der Waals surface area contributed by atoms with Gasteiger partial charge in [-0.15, -0.1) is 0 Å². The number of nitrogen functional groups attached to an aromatic ring is 1. The van der Waals surface area contributed by atoms with Gasteiger partial charge >= 0.3 is 0 Å². The van der Waals surface area contributed by atoms with E-state index in [1.54, 1.807) is 36.5 Å². The Morgan fingerprint density at radius 2 is 1.80 bits per heavy atom. The summed E-state index contributed by atoms with van der Waals surface area (Å²) in [4.78, 5) is 8.34. The SMILES string of the molecule is CC.CCn1ccc2cnc(N)nc21.CNS(=O)(=O)c1ccccc1. The van der Waals surface area contributed by atoms with Crippen LogP contribution in [-0.4, -0.2) is 30.0 Å². The first-order chi connectivity index (χ1) is 12.0. The van der Waals surface area contributed by atoms with Crippen LogP contribution in [0.3, 0.4) is 0 Å². The molecule has 0 spiro atoms. The molecular formula is C17H25N5O2S. The number of nitrogens with zero attached hydrogens (tertiary/aromatic N) is 3. The highest BCUT2D eigenvalue weighted by Crippen LogP contribution is 2.12. The van der Waals surface area contributed by atoms with E-state index in [0.29, 0.717) is 10.8 Å². The molecule has 1 aromatic carbocycles. The minimum atomic E-state index is -3.25. The van der Waals surface area contributed by atoms with Crippen LogP contribution in [0.4, 0.5) is 5.95 Å². The summed E-state index contributed by atoms with van der Waals surface area (Å²) in [5, 5.41) is 1.03. The molecule has 0 fully saturated rings. The van der Waals surface area contributed by atoms with Crippen LogP contribution >= 0.6 is 0 Å². The van der Waals surface area contributed by atoms with E-state index in [-0.39, 0.29) is 0 Å². The number of aryl methyl sites for hydroxylation is 1. The lowest BCUT2D eigenvalue weighted by atomic mass is 10.4. The largest absolute Gasteiger partial charge is 0.368 e. The number of sulfonamides is 1. The number of aromatic nitrogens is 3. The number of fused-ring (bicyclic) bond motifs is 1. The molecule has 25 heavy (non-hydrogen) atoms. The van der Waals surface area contributed by atoms with Crippen LogP contribution in [0.1, 0.15) is 20.8 Å². The van der Waals surface area contributed by atoms with Gasteiger partial charge in [-0.25, -0.2) is 18.1 Å². The number of anilines is 1. The Balaban J connectivity index is 0.000000229. The van der Waals surface area contributed by atoms with E-state index >= 15 is 0 Å². The van der Waals surface area contributed by atoms with Gasteiger partial charge in [0.25, 0.3) is 0 Å². The number of rotatable bonds is 3. The van der Waals surface area contributed by atoms with Crippen LogP contribution in [-0.2, 0) is 16.6 Å². The molecule has 3 rings (SSSR count). The fourth-order valence-electron chi connectivity index (χ4n) is 1.96. The molecule has 0 unspecified atom stereocenters. The summed E-state index contributed by atoms with van der Waals surface area (Å²) in [5.74, 6) is 0.330. The molecule has 7 nitrogen and oxygen atoms in total. The van der Waals surface area contributed by atoms with E-state index < -0.39 is 10.0 Å². The molecule has 0 aliphatic rings. The molecule has 0 amide bonds. The highest BCUT2D eigenvalue weighted by atomic mass is 32.2. The summed E-state index contributed by atoms with van der Waals surface area (Å²) in [6.45, 7) is 6.97. The van der Waals surface area contributed by atoms with Crippen molar-refractivity contribution in [3.05, 3.63) is 48.8 Å². The van der Waals surface area contributed by atoms with E-state index in [1.807, 2.05) is 30.7 Å². The molecule has 0 aliphatic heterocycles. The van der Waals surface area contributed by atoms with Gasteiger partial charge in [0.15, 0.2) is 0 Å². The predicted molar refractivity (Wildman–Crippen MR) is 102 cm³/mol. The van der Waals surface area contributed by atoms with Crippen molar-refractivity contribution >= 4 is 27.0 Å². The van der Waals surface area contributed by atoms with Gasteiger partial charge in [0.05, 0.1) is 4.90 Å². The van der Waals surface area contributed by atoms with E-state index in [4.69, 9.17) is 5.73 Å². The summed E-state index contributed by atoms with van der Waals surface area (Å²) in [6, 6.07) is 10.2. The summed E-state index contributed by atoms with van der Waals surface area (Å²) in [7, 11) is -1.86. The van der Waals surface area contributed by atoms with Crippen LogP contribution in [0.15, 0.2) is 53.7 Å². The van der Waals surface area contributed by atoms with E-state index in [2.05, 4.69) is 21.6 Å². The topological polar surface area (TPSA) is 103 Å². The number of hydrogen-bond acceptors (Lipinski definition) is 5. The van der Waals surface area contributed by atoms with Crippen molar-refractivity contribution in [1.29, 1.82) is 0 Å². The zero-order valence-electron chi connectivity index (χ0n) is 15.0. The minimum Gasteiger partial charge on any atom is -0.368 e. The van der Waals surface area contributed by atoms with Crippen LogP contribution in [0, 0.1) is 0 Å². The second kappa shape index (κ2) is 9.75. The molecule has 0 atom stereocenters. The first-order valence-corrected chi connectivity index (χ1v) is 9.52. The second-order valence-electron chi connectivity index (χ2n) is 4.63. The molecule has 3 aromatic rings. The van der Waals surface area contributed by atoms with E-state index in [0.717, 1.165) is 17.6 Å². The lowest BCUT2D eigenvalue weighted by Gasteiger charge is -1.99. The molecule has 0 radical (unpaired) electrons. The molecule has 0 saturated heterocycles. The highest BCUT2D eigenvalue weighted by molar-refractivity contribution is 7.89. The number of hydrogen-bond donors (Lipinski definition) is 2. The standard InChI is InChI=1S/C8H10N4.C7H9NO2S.C2H6/c1-2-12-4-3-6-5-10-8(9)11-7(6)12;1-8-11(9,10)7-5-3-2-4-6-7;1-2/h3-5H,2H2,1H3,(H2,9,10,11);2-6,8H,1H3;1-2H3. The number of nitrogens with one attached hydrogen (secondary N) is 1. The van der Waals surface area contributed by atoms with Crippen molar-refractivity contribution in [1.82, 2.24) is 19.3 Å². The molecule has 0 saturated carbocycles. The summed E-state index contributed by atoms with van der Waals surface area (Å²) >= 11 is 0. The molecule has 0 bridgehead atoms. The maximum absolute atomic E-state index is 11.1. The molecule has 136 valence electrons. The predicted octanol–water partition coefficient (Wildman–Crippen LogP) is 2.65. The Kier molecular flexibility index (Phi) is 8.03. The molecule has 2 heterocycles. The number of benzene rings is 1. The third-order valence-electron chi connectivity index (χ3n) is 3.18. The Morgan fingerprint density at radius 1 is 1.16 bits per heavy atom. The van der Waals surface area contributed by atoms with Crippen LogP contribution in [0.5, 0.6) is 0 Å². The van der Waals surface area contributed by atoms with Gasteiger partial charge in [0, 0.05) is 24.3 Å². The van der Waals surface area contributed by atoms with Crippen molar-refractivity contribution < 1.29 is 8.42 Å². The van der Waals surface area contributed by atoms with Crippen molar-refractivity contribution in [3.8, 4) is 0 Å². The van der Waals surface area contributed by atoms with Gasteiger partial charge in [-0.05, 0) is 32.2 Å². The first-order valence-electron chi connectivity index (χ1n) is 8.04. The average molecular weight is 363 g/mol. The summed E-state index contributed by atoms with van der Waals surface area (Å²) in [5.41, 5.74) is 6.38. The molecular weight excluding hydrogens is 338 g/mol. The van der Waals surface area contributed by atoms with Crippen molar-refractivity contribution in [3.63, 3.8) is 0 Å². The minimum absolute atomic E-state index is 0.294. The van der Waals surface area contributed by atoms with Gasteiger partial charge in [0.1, 0.15) is 5.65 Å². The van der Waals surface area contributed by atoms with Crippen LogP contribution in [0.25, 0.3) is 11.0 Å². The third-order valence-corrected chi connectivity index (χ3v) is 4.61. The van der Waals surface area contributed by atoms with Gasteiger partial charge in [-0.2, -0.15) is 4.98 Å². The zero-order chi connectivity index (χ0) is 18.9. The average Bonchev–Trinajstić information content (AvgIpc) is 3.07. The summed E-state index contributed by atoms with van der Waals surface area (Å²) < 4.78 is 26.4. The van der Waals surface area contributed by atoms with Crippen molar-refractivity contribution in [2.75, 3.05) is 12.8 Å². The first kappa shape index (κ1) is 20.6. The van der Waals surface area contributed by atoms with E-state index in [1.165, 1.54) is 7.05 Å². The monoisotopic (exact) mass is 363 g/mol. The zero-order valence-corrected chi connectivity index (χ0v) is 15.8. The van der Waals surface area contributed by atoms with Gasteiger partial charge in [0.2, 0.25) is 16.0 Å². The molecule has 3 N–H and O–H groups in total. The quantitative estimate of drug-likeness (QED) is 0.744. The highest BCUT2D eigenvalue weighted by Gasteiger charge is 2.08. The Morgan fingerprint density at radius 3 is 2.36 bits per heavy atom. The van der Waals surface area contributed by atoms with Gasteiger partial charge in [-0.1, -0.05) is 32.0 Å². The third kappa shape index (κ3) is 5.54. The van der Waals surface area contributed by atoms with E-state index in [9.17, 15) is 8.42 Å². The Labute approximate surface area is 149 Å². The Bertz CT molecular complexity index is 876. The van der Waals surface area contributed by atoms with Crippen molar-refractivity contribution in [2.45, 2.75) is 32.2 Å². The summed E-state index contributed by atoms with van der Waals surface area (Å²) in [6.07, 6.45) is 3.72. The fraction of sp³-hybridized carbons (Fsp3) is 0.294. The van der Waals surface area contributed by atoms with Crippen LogP contribution in [0.2, 0.25) is 0 Å². The maximum Gasteiger partial charge on any atom is 0.240 e. The smallest absolute Gasteiger partial charge is 0.240 e. The normalized spacial score (nSPS) is 10.4. The lowest BCUT2D eigenvalue weighted by molar-refractivity contribution is 0.588. The maximum atomic E-state index is 11.1. The molecule has 8 heteroatoms. The lowest BCUT2D eigenvalue weighted by Crippen LogP contribution is -2.18. The fourth-order valence-corrected chi connectivity index (χ4v) is 2.71. The van der Waals surface area contributed by atoms with Crippen LogP contribution < -0.4 is 10.5 Å². The Hall–Kier alpha value is -2.45. The van der Waals surface area contributed by atoms with Crippen molar-refractivity contribution in [2.24, 2.45) is 0 Å². The second-order valence-corrected chi connectivity index (χ2v) is 6.52.